The van der Waals surface area contributed by atoms with Crippen LogP contribution in [0.4, 0.5) is 0 Å². The van der Waals surface area contributed by atoms with Gasteiger partial charge in [0.05, 0.1) is 6.54 Å². The number of likely N-dealkylation sites (N-methyl/N-ethyl adjacent to an activating group) is 1. The van der Waals surface area contributed by atoms with Crippen molar-refractivity contribution in [1.82, 2.24) is 10.2 Å². The van der Waals surface area contributed by atoms with Crippen LogP contribution >= 0.6 is 0 Å². The van der Waals surface area contributed by atoms with E-state index < -0.39 is 0 Å². The molecule has 1 unspecified atom stereocenters. The Bertz CT molecular complexity index is 260. The number of aliphatic imine (C=N–C) groups is 1. The molecule has 1 aliphatic carbocycles. The molecule has 1 atom stereocenters. The highest BCUT2D eigenvalue weighted by Gasteiger charge is 2.22. The number of guanidine groups is 1. The molecule has 4 heteroatoms. The van der Waals surface area contributed by atoms with Crippen molar-refractivity contribution in [1.29, 1.82) is 0 Å². The van der Waals surface area contributed by atoms with Crippen molar-refractivity contribution in [2.24, 2.45) is 16.6 Å². The summed E-state index contributed by atoms with van der Waals surface area (Å²) in [6, 6.07) is 0.615. The predicted molar refractivity (Wildman–Crippen MR) is 72.1 cm³/mol. The number of nitrogens with zero attached hydrogens (tertiary/aromatic N) is 2. The van der Waals surface area contributed by atoms with Crippen LogP contribution in [0, 0.1) is 5.92 Å². The summed E-state index contributed by atoms with van der Waals surface area (Å²) in [5, 5.41) is 3.22. The second kappa shape index (κ2) is 6.24. The molecule has 2 fully saturated rings. The van der Waals surface area contributed by atoms with Gasteiger partial charge in [0, 0.05) is 12.6 Å². The fraction of sp³-hybridized carbons (Fsp3) is 0.923. The molecular weight excluding hydrogens is 212 g/mol. The monoisotopic (exact) mass is 238 g/mol. The molecule has 17 heavy (non-hydrogen) atoms. The van der Waals surface area contributed by atoms with Crippen LogP contribution in [0.1, 0.15) is 39.0 Å². The van der Waals surface area contributed by atoms with Crippen LogP contribution in [-0.2, 0) is 0 Å². The Labute approximate surface area is 105 Å². The highest BCUT2D eigenvalue weighted by molar-refractivity contribution is 5.77. The van der Waals surface area contributed by atoms with Gasteiger partial charge in [-0.2, -0.15) is 0 Å². The normalized spacial score (nSPS) is 26.4. The van der Waals surface area contributed by atoms with E-state index >= 15 is 0 Å². The average Bonchev–Trinajstić information content (AvgIpc) is 3.03. The van der Waals surface area contributed by atoms with Gasteiger partial charge in [0.1, 0.15) is 0 Å². The van der Waals surface area contributed by atoms with Crippen molar-refractivity contribution in [3.63, 3.8) is 0 Å². The molecule has 0 spiro atoms. The van der Waals surface area contributed by atoms with Gasteiger partial charge in [0.15, 0.2) is 5.96 Å². The van der Waals surface area contributed by atoms with Gasteiger partial charge in [-0.1, -0.05) is 19.8 Å². The summed E-state index contributed by atoms with van der Waals surface area (Å²) in [7, 11) is 0. The number of hydrogen-bond donors (Lipinski definition) is 2. The summed E-state index contributed by atoms with van der Waals surface area (Å²) in [5.41, 5.74) is 5.87. The third kappa shape index (κ3) is 4.19. The van der Waals surface area contributed by atoms with E-state index in [1.165, 1.54) is 38.6 Å². The van der Waals surface area contributed by atoms with Gasteiger partial charge in [0.2, 0.25) is 0 Å². The highest BCUT2D eigenvalue weighted by Crippen LogP contribution is 2.31. The summed E-state index contributed by atoms with van der Waals surface area (Å²) in [5.74, 6) is 1.59. The van der Waals surface area contributed by atoms with Crippen molar-refractivity contribution in [2.75, 3.05) is 26.2 Å². The first kappa shape index (κ1) is 12.7. The summed E-state index contributed by atoms with van der Waals surface area (Å²) in [6.45, 7) is 6.43. The smallest absolute Gasteiger partial charge is 0.188 e. The van der Waals surface area contributed by atoms with E-state index in [9.17, 15) is 0 Å². The molecule has 0 bridgehead atoms. The Morgan fingerprint density at radius 2 is 2.24 bits per heavy atom. The largest absolute Gasteiger partial charge is 0.370 e. The first-order valence-corrected chi connectivity index (χ1v) is 7.07. The Morgan fingerprint density at radius 1 is 1.41 bits per heavy atom. The molecule has 0 radical (unpaired) electrons. The first-order valence-electron chi connectivity index (χ1n) is 7.07. The van der Waals surface area contributed by atoms with Crippen LogP contribution in [-0.4, -0.2) is 43.1 Å². The summed E-state index contributed by atoms with van der Waals surface area (Å²) < 4.78 is 0. The molecule has 98 valence electrons. The Hall–Kier alpha value is -0.770. The molecule has 0 amide bonds. The summed E-state index contributed by atoms with van der Waals surface area (Å²) in [4.78, 5) is 6.96. The van der Waals surface area contributed by atoms with E-state index in [1.54, 1.807) is 0 Å². The Balaban J connectivity index is 1.63. The topological polar surface area (TPSA) is 53.6 Å². The van der Waals surface area contributed by atoms with Crippen LogP contribution in [0.5, 0.6) is 0 Å². The molecule has 1 saturated carbocycles. The number of rotatable bonds is 6. The molecule has 2 rings (SSSR count). The fourth-order valence-corrected chi connectivity index (χ4v) is 2.59. The zero-order chi connectivity index (χ0) is 12.1. The van der Waals surface area contributed by atoms with E-state index in [4.69, 9.17) is 5.73 Å². The predicted octanol–water partition coefficient (Wildman–Crippen LogP) is 1.18. The third-order valence-corrected chi connectivity index (χ3v) is 3.93. The van der Waals surface area contributed by atoms with Crippen LogP contribution in [0.2, 0.25) is 0 Å². The van der Waals surface area contributed by atoms with Gasteiger partial charge in [0.25, 0.3) is 0 Å². The minimum Gasteiger partial charge on any atom is -0.370 e. The van der Waals surface area contributed by atoms with Gasteiger partial charge in [-0.05, 0) is 38.3 Å². The summed E-state index contributed by atoms with van der Waals surface area (Å²) >= 11 is 0. The minimum absolute atomic E-state index is 0.615. The maximum Gasteiger partial charge on any atom is 0.188 e. The fourth-order valence-electron chi connectivity index (χ4n) is 2.59. The van der Waals surface area contributed by atoms with Gasteiger partial charge in [-0.15, -0.1) is 0 Å². The van der Waals surface area contributed by atoms with Crippen molar-refractivity contribution in [3.05, 3.63) is 0 Å². The number of hydrogen-bond acceptors (Lipinski definition) is 2. The average molecular weight is 238 g/mol. The van der Waals surface area contributed by atoms with Gasteiger partial charge in [-0.25, -0.2) is 0 Å². The van der Waals surface area contributed by atoms with E-state index in [0.29, 0.717) is 12.0 Å². The maximum absolute atomic E-state index is 5.87. The van der Waals surface area contributed by atoms with Crippen LogP contribution in [0.3, 0.4) is 0 Å². The SMILES string of the molecule is CCN1CCCC1CN=C(N)NCCC1CC1. The Morgan fingerprint density at radius 3 is 2.94 bits per heavy atom. The molecule has 1 saturated heterocycles. The number of nitrogens with one attached hydrogen (secondary N) is 1. The second-order valence-electron chi connectivity index (χ2n) is 5.31. The lowest BCUT2D eigenvalue weighted by Crippen LogP contribution is -2.36. The van der Waals surface area contributed by atoms with Crippen molar-refractivity contribution in [2.45, 2.75) is 45.1 Å². The highest BCUT2D eigenvalue weighted by atomic mass is 15.2. The second-order valence-corrected chi connectivity index (χ2v) is 5.31. The molecule has 3 N–H and O–H groups in total. The van der Waals surface area contributed by atoms with E-state index in [2.05, 4.69) is 22.1 Å². The minimum atomic E-state index is 0.615. The summed E-state index contributed by atoms with van der Waals surface area (Å²) in [6.07, 6.45) is 6.65. The molecule has 0 aromatic carbocycles. The van der Waals surface area contributed by atoms with Crippen LogP contribution < -0.4 is 11.1 Å². The molecule has 1 heterocycles. The van der Waals surface area contributed by atoms with Crippen molar-refractivity contribution < 1.29 is 0 Å². The maximum atomic E-state index is 5.87. The van der Waals surface area contributed by atoms with Gasteiger partial charge >= 0.3 is 0 Å². The zero-order valence-electron chi connectivity index (χ0n) is 11.0. The van der Waals surface area contributed by atoms with Gasteiger partial charge < -0.3 is 11.1 Å². The van der Waals surface area contributed by atoms with Crippen LogP contribution in [0.15, 0.2) is 4.99 Å². The lowest BCUT2D eigenvalue weighted by Gasteiger charge is -2.20. The standard InChI is InChI=1S/C13H26N4/c1-2-17-9-3-4-12(17)10-16-13(14)15-8-7-11-5-6-11/h11-12H,2-10H2,1H3,(H3,14,15,16). The van der Waals surface area contributed by atoms with Crippen molar-refractivity contribution >= 4 is 5.96 Å². The van der Waals surface area contributed by atoms with Crippen molar-refractivity contribution in [3.8, 4) is 0 Å². The molecular formula is C13H26N4. The lowest BCUT2D eigenvalue weighted by atomic mass is 10.2. The molecule has 0 aromatic rings. The molecule has 1 aliphatic heterocycles. The zero-order valence-corrected chi connectivity index (χ0v) is 11.0. The van der Waals surface area contributed by atoms with E-state index in [1.807, 2.05) is 0 Å². The van der Waals surface area contributed by atoms with E-state index in [-0.39, 0.29) is 0 Å². The number of nitrogens with two attached hydrogens (primary N) is 1. The van der Waals surface area contributed by atoms with Crippen LogP contribution in [0.25, 0.3) is 0 Å². The molecule has 0 aromatic heterocycles. The third-order valence-electron chi connectivity index (χ3n) is 3.93. The van der Waals surface area contributed by atoms with Gasteiger partial charge in [-0.3, -0.25) is 9.89 Å². The quantitative estimate of drug-likeness (QED) is 0.539. The Kier molecular flexibility index (Phi) is 4.66. The molecule has 2 aliphatic rings. The molecule has 4 nitrogen and oxygen atoms in total. The number of likely N-dealkylation sites (tertiary alicyclic amines) is 1. The van der Waals surface area contributed by atoms with E-state index in [0.717, 1.165) is 25.6 Å². The first-order chi connectivity index (χ1) is 8.29. The lowest BCUT2D eigenvalue weighted by molar-refractivity contribution is 0.273.